The fourth-order valence-electron chi connectivity index (χ4n) is 4.13. The van der Waals surface area contributed by atoms with E-state index in [1.54, 1.807) is 0 Å². The summed E-state index contributed by atoms with van der Waals surface area (Å²) in [6, 6.07) is 26.3. The van der Waals surface area contributed by atoms with Crippen LogP contribution in [-0.4, -0.2) is 4.98 Å². The molecule has 0 saturated heterocycles. The first-order valence-corrected chi connectivity index (χ1v) is 11.2. The first-order chi connectivity index (χ1) is 14.0. The van der Waals surface area contributed by atoms with E-state index in [0.717, 1.165) is 8.95 Å². The van der Waals surface area contributed by atoms with E-state index in [1.165, 1.54) is 55.2 Å². The second-order valence-electron chi connectivity index (χ2n) is 7.56. The predicted octanol–water partition coefficient (Wildman–Crippen LogP) is 8.80. The average molecular weight is 505 g/mol. The molecule has 29 heavy (non-hydrogen) atoms. The van der Waals surface area contributed by atoms with Crippen LogP contribution in [0.5, 0.6) is 0 Å². The molecule has 0 fully saturated rings. The number of H-pyrrole nitrogens is 1. The Morgan fingerprint density at radius 2 is 1.00 bits per heavy atom. The number of fused-ring (bicyclic) bond motifs is 3. The molecular weight excluding hydrogens is 486 g/mol. The number of benzene rings is 4. The van der Waals surface area contributed by atoms with E-state index in [4.69, 9.17) is 0 Å². The van der Waals surface area contributed by atoms with Gasteiger partial charge in [-0.15, -0.1) is 0 Å². The lowest BCUT2D eigenvalue weighted by Gasteiger charge is -2.08. The molecule has 1 aromatic heterocycles. The van der Waals surface area contributed by atoms with Gasteiger partial charge >= 0.3 is 0 Å². The summed E-state index contributed by atoms with van der Waals surface area (Å²) in [6.45, 7) is 4.32. The molecule has 5 aromatic rings. The van der Waals surface area contributed by atoms with Gasteiger partial charge in [-0.1, -0.05) is 56.1 Å². The number of hydrogen-bond acceptors (Lipinski definition) is 0. The minimum Gasteiger partial charge on any atom is -0.355 e. The summed E-state index contributed by atoms with van der Waals surface area (Å²) < 4.78 is 2.22. The predicted molar refractivity (Wildman–Crippen MR) is 132 cm³/mol. The monoisotopic (exact) mass is 503 g/mol. The summed E-state index contributed by atoms with van der Waals surface area (Å²) in [6.07, 6.45) is 0. The fraction of sp³-hybridized carbons (Fsp3) is 0.0769. The highest BCUT2D eigenvalue weighted by Gasteiger charge is 2.10. The molecule has 0 saturated carbocycles. The molecule has 0 aliphatic rings. The van der Waals surface area contributed by atoms with Gasteiger partial charge in [-0.25, -0.2) is 0 Å². The van der Waals surface area contributed by atoms with Crippen molar-refractivity contribution >= 4 is 53.7 Å². The van der Waals surface area contributed by atoms with Crippen LogP contribution in [0.15, 0.2) is 81.7 Å². The lowest BCUT2D eigenvalue weighted by atomic mass is 9.97. The molecule has 3 heteroatoms. The molecule has 1 N–H and O–H groups in total. The molecule has 0 amide bonds. The lowest BCUT2D eigenvalue weighted by molar-refractivity contribution is 1.44. The molecule has 142 valence electrons. The Bertz CT molecular complexity index is 1290. The minimum absolute atomic E-state index is 1.11. The Kier molecular flexibility index (Phi) is 4.60. The summed E-state index contributed by atoms with van der Waals surface area (Å²) in [5.74, 6) is 0. The van der Waals surface area contributed by atoms with Crippen molar-refractivity contribution in [2.75, 3.05) is 0 Å². The van der Waals surface area contributed by atoms with Crippen molar-refractivity contribution in [2.45, 2.75) is 13.8 Å². The van der Waals surface area contributed by atoms with Crippen LogP contribution >= 0.6 is 31.9 Å². The molecule has 0 aliphatic heterocycles. The SMILES string of the molecule is Cc1cc(Br)ccc1-c1ccc2[nH]c3ccc(-c4ccc(Br)cc4C)cc3c2c1. The third kappa shape index (κ3) is 3.33. The van der Waals surface area contributed by atoms with Crippen LogP contribution in [0.3, 0.4) is 0 Å². The molecule has 0 radical (unpaired) electrons. The van der Waals surface area contributed by atoms with Gasteiger partial charge in [-0.3, -0.25) is 0 Å². The summed E-state index contributed by atoms with van der Waals surface area (Å²) in [5.41, 5.74) is 9.90. The van der Waals surface area contributed by atoms with Gasteiger partial charge in [0.1, 0.15) is 0 Å². The number of halogens is 2. The molecule has 0 atom stereocenters. The minimum atomic E-state index is 1.11. The maximum atomic E-state index is 3.57. The maximum Gasteiger partial charge on any atom is 0.0465 e. The average Bonchev–Trinajstić information content (AvgIpc) is 3.05. The number of hydrogen-bond donors (Lipinski definition) is 1. The van der Waals surface area contributed by atoms with E-state index >= 15 is 0 Å². The van der Waals surface area contributed by atoms with Gasteiger partial charge in [0.15, 0.2) is 0 Å². The van der Waals surface area contributed by atoms with E-state index in [2.05, 4.69) is 123 Å². The van der Waals surface area contributed by atoms with Crippen LogP contribution in [0, 0.1) is 13.8 Å². The van der Waals surface area contributed by atoms with Crippen LogP contribution < -0.4 is 0 Å². The zero-order chi connectivity index (χ0) is 20.1. The van der Waals surface area contributed by atoms with Crippen LogP contribution in [0.25, 0.3) is 44.1 Å². The highest BCUT2D eigenvalue weighted by molar-refractivity contribution is 9.10. The first kappa shape index (κ1) is 18.7. The van der Waals surface area contributed by atoms with Crippen molar-refractivity contribution in [1.82, 2.24) is 4.98 Å². The van der Waals surface area contributed by atoms with Gasteiger partial charge < -0.3 is 4.98 Å². The van der Waals surface area contributed by atoms with Crippen molar-refractivity contribution in [3.05, 3.63) is 92.9 Å². The normalized spacial score (nSPS) is 11.4. The maximum absolute atomic E-state index is 3.57. The zero-order valence-electron chi connectivity index (χ0n) is 16.2. The van der Waals surface area contributed by atoms with Gasteiger partial charge in [-0.2, -0.15) is 0 Å². The summed E-state index contributed by atoms with van der Waals surface area (Å²) in [5, 5.41) is 2.52. The molecular formula is C26H19Br2N. The largest absolute Gasteiger partial charge is 0.355 e. The number of rotatable bonds is 2. The standard InChI is InChI=1S/C26H19Br2N/c1-15-11-19(27)5-7-21(15)17-3-9-25-23(13-17)24-14-18(4-10-26(24)29-25)22-8-6-20(28)12-16(22)2/h3-14,29H,1-2H3. The van der Waals surface area contributed by atoms with Crippen molar-refractivity contribution in [1.29, 1.82) is 0 Å². The second kappa shape index (κ2) is 7.16. The Hall–Kier alpha value is -2.36. The molecule has 4 aromatic carbocycles. The Labute approximate surface area is 187 Å². The van der Waals surface area contributed by atoms with Gasteiger partial charge in [-0.05, 0) is 95.8 Å². The second-order valence-corrected chi connectivity index (χ2v) is 9.40. The first-order valence-electron chi connectivity index (χ1n) is 9.58. The summed E-state index contributed by atoms with van der Waals surface area (Å²) >= 11 is 7.13. The zero-order valence-corrected chi connectivity index (χ0v) is 19.4. The Morgan fingerprint density at radius 3 is 1.41 bits per heavy atom. The highest BCUT2D eigenvalue weighted by atomic mass is 79.9. The quantitative estimate of drug-likeness (QED) is 0.247. The van der Waals surface area contributed by atoms with Crippen LogP contribution in [0.2, 0.25) is 0 Å². The van der Waals surface area contributed by atoms with Crippen molar-refractivity contribution in [2.24, 2.45) is 0 Å². The summed E-state index contributed by atoms with van der Waals surface area (Å²) in [4.78, 5) is 3.57. The van der Waals surface area contributed by atoms with Gasteiger partial charge in [0.25, 0.3) is 0 Å². The fourth-order valence-corrected chi connectivity index (χ4v) is 5.09. The Morgan fingerprint density at radius 1 is 0.552 bits per heavy atom. The van der Waals surface area contributed by atoms with E-state index in [0.29, 0.717) is 0 Å². The molecule has 0 bridgehead atoms. The van der Waals surface area contributed by atoms with E-state index in [-0.39, 0.29) is 0 Å². The van der Waals surface area contributed by atoms with Crippen LogP contribution in [-0.2, 0) is 0 Å². The molecule has 1 nitrogen and oxygen atoms in total. The number of aromatic nitrogens is 1. The van der Waals surface area contributed by atoms with Gasteiger partial charge in [0, 0.05) is 30.8 Å². The molecule has 0 unspecified atom stereocenters. The van der Waals surface area contributed by atoms with E-state index < -0.39 is 0 Å². The molecule has 0 aliphatic carbocycles. The number of aromatic amines is 1. The van der Waals surface area contributed by atoms with E-state index in [1.807, 2.05) is 0 Å². The topological polar surface area (TPSA) is 15.8 Å². The molecule has 1 heterocycles. The van der Waals surface area contributed by atoms with Crippen molar-refractivity contribution in [3.8, 4) is 22.3 Å². The van der Waals surface area contributed by atoms with Crippen LogP contribution in [0.4, 0.5) is 0 Å². The molecule has 5 rings (SSSR count). The van der Waals surface area contributed by atoms with Crippen molar-refractivity contribution < 1.29 is 0 Å². The number of aryl methyl sites for hydroxylation is 2. The van der Waals surface area contributed by atoms with Crippen molar-refractivity contribution in [3.63, 3.8) is 0 Å². The lowest BCUT2D eigenvalue weighted by Crippen LogP contribution is -1.84. The van der Waals surface area contributed by atoms with Gasteiger partial charge in [0.2, 0.25) is 0 Å². The number of nitrogens with one attached hydrogen (secondary N) is 1. The third-order valence-corrected chi connectivity index (χ3v) is 6.58. The Balaban J connectivity index is 1.71. The van der Waals surface area contributed by atoms with E-state index in [9.17, 15) is 0 Å². The molecule has 0 spiro atoms. The third-order valence-electron chi connectivity index (χ3n) is 5.60. The smallest absolute Gasteiger partial charge is 0.0465 e. The highest BCUT2D eigenvalue weighted by Crippen LogP contribution is 2.35. The van der Waals surface area contributed by atoms with Gasteiger partial charge in [0.05, 0.1) is 0 Å². The summed E-state index contributed by atoms with van der Waals surface area (Å²) in [7, 11) is 0. The van der Waals surface area contributed by atoms with Crippen LogP contribution in [0.1, 0.15) is 11.1 Å².